The molecule has 0 bridgehead atoms. The predicted molar refractivity (Wildman–Crippen MR) is 69.8 cm³/mol. The van der Waals surface area contributed by atoms with Crippen LogP contribution >= 0.6 is 0 Å². The Bertz CT molecular complexity index is 243. The first kappa shape index (κ1) is 12.9. The molecule has 3 nitrogen and oxygen atoms in total. The van der Waals surface area contributed by atoms with Crippen molar-refractivity contribution in [2.24, 2.45) is 5.92 Å². The van der Waals surface area contributed by atoms with E-state index in [4.69, 9.17) is 0 Å². The normalized spacial score (nSPS) is 27.9. The van der Waals surface area contributed by atoms with Crippen molar-refractivity contribution in [3.63, 3.8) is 0 Å². The van der Waals surface area contributed by atoms with Crippen molar-refractivity contribution in [2.75, 3.05) is 6.54 Å². The Hall–Kier alpha value is -0.570. The van der Waals surface area contributed by atoms with Gasteiger partial charge in [-0.1, -0.05) is 19.3 Å². The molecule has 1 heterocycles. The van der Waals surface area contributed by atoms with E-state index in [-0.39, 0.29) is 5.91 Å². The van der Waals surface area contributed by atoms with Crippen LogP contribution in [0.25, 0.3) is 0 Å². The summed E-state index contributed by atoms with van der Waals surface area (Å²) in [6, 6.07) is 0.790. The van der Waals surface area contributed by atoms with E-state index in [0.717, 1.165) is 13.0 Å². The van der Waals surface area contributed by atoms with Crippen LogP contribution < -0.4 is 10.6 Å². The minimum atomic E-state index is 0.238. The van der Waals surface area contributed by atoms with Gasteiger partial charge in [-0.15, -0.1) is 0 Å². The lowest BCUT2D eigenvalue weighted by atomic mass is 9.84. The van der Waals surface area contributed by atoms with Crippen LogP contribution in [0.2, 0.25) is 0 Å². The fourth-order valence-corrected chi connectivity index (χ4v) is 3.22. The lowest BCUT2D eigenvalue weighted by molar-refractivity contribution is -0.122. The van der Waals surface area contributed by atoms with E-state index in [2.05, 4.69) is 17.6 Å². The average molecular weight is 238 g/mol. The van der Waals surface area contributed by atoms with Crippen molar-refractivity contribution in [3.05, 3.63) is 0 Å². The number of carbonyl (C=O) groups is 1. The number of amides is 1. The lowest BCUT2D eigenvalue weighted by Crippen LogP contribution is -2.41. The molecule has 17 heavy (non-hydrogen) atoms. The van der Waals surface area contributed by atoms with Gasteiger partial charge < -0.3 is 10.6 Å². The maximum atomic E-state index is 11.9. The van der Waals surface area contributed by atoms with Gasteiger partial charge in [-0.05, 0) is 45.1 Å². The van der Waals surface area contributed by atoms with Gasteiger partial charge in [-0.3, -0.25) is 4.79 Å². The second-order valence-corrected chi connectivity index (χ2v) is 5.75. The summed E-state index contributed by atoms with van der Waals surface area (Å²) < 4.78 is 0. The molecule has 0 aromatic carbocycles. The summed E-state index contributed by atoms with van der Waals surface area (Å²) in [4.78, 5) is 11.9. The Balaban J connectivity index is 1.69. The topological polar surface area (TPSA) is 41.1 Å². The van der Waals surface area contributed by atoms with Gasteiger partial charge in [0, 0.05) is 18.5 Å². The maximum absolute atomic E-state index is 11.9. The molecule has 1 saturated heterocycles. The minimum Gasteiger partial charge on any atom is -0.353 e. The van der Waals surface area contributed by atoms with Crippen LogP contribution in [-0.2, 0) is 4.79 Å². The van der Waals surface area contributed by atoms with Crippen LogP contribution in [0, 0.1) is 5.92 Å². The third kappa shape index (κ3) is 3.98. The third-order valence-electron chi connectivity index (χ3n) is 4.34. The van der Waals surface area contributed by atoms with Gasteiger partial charge in [0.15, 0.2) is 0 Å². The number of carbonyl (C=O) groups excluding carboxylic acids is 1. The molecular formula is C14H26N2O. The zero-order chi connectivity index (χ0) is 12.1. The fraction of sp³-hybridized carbons (Fsp3) is 0.929. The van der Waals surface area contributed by atoms with Gasteiger partial charge >= 0.3 is 0 Å². The van der Waals surface area contributed by atoms with E-state index in [1.54, 1.807) is 0 Å². The van der Waals surface area contributed by atoms with E-state index in [1.165, 1.54) is 38.5 Å². The molecule has 1 saturated carbocycles. The highest BCUT2D eigenvalue weighted by atomic mass is 16.1. The Morgan fingerprint density at radius 3 is 2.65 bits per heavy atom. The molecule has 0 spiro atoms. The fourth-order valence-electron chi connectivity index (χ4n) is 3.22. The molecule has 2 atom stereocenters. The molecule has 1 amide bonds. The van der Waals surface area contributed by atoms with E-state index in [9.17, 15) is 4.79 Å². The molecule has 0 radical (unpaired) electrons. The summed E-state index contributed by atoms with van der Waals surface area (Å²) in [5.74, 6) is 0.951. The molecule has 0 aromatic rings. The lowest BCUT2D eigenvalue weighted by Gasteiger charge is -2.28. The second-order valence-electron chi connectivity index (χ2n) is 5.75. The molecule has 2 aliphatic rings. The highest BCUT2D eigenvalue weighted by molar-refractivity contribution is 5.76. The van der Waals surface area contributed by atoms with Crippen molar-refractivity contribution in [1.29, 1.82) is 0 Å². The minimum absolute atomic E-state index is 0.238. The molecule has 2 fully saturated rings. The molecule has 2 N–H and O–H groups in total. The Kier molecular flexibility index (Phi) is 4.84. The summed E-state index contributed by atoms with van der Waals surface area (Å²) in [5, 5.41) is 6.58. The monoisotopic (exact) mass is 238 g/mol. The van der Waals surface area contributed by atoms with Crippen LogP contribution in [0.15, 0.2) is 0 Å². The van der Waals surface area contributed by atoms with E-state index >= 15 is 0 Å². The third-order valence-corrected chi connectivity index (χ3v) is 4.34. The standard InChI is InChI=1S/C14H26N2O/c1-11(12-6-3-2-4-7-12)16-14(17)10-13-8-5-9-15-13/h11-13,15H,2-10H2,1H3,(H,16,17)/t11-,13?/m1/s1. The Labute approximate surface area is 105 Å². The summed E-state index contributed by atoms with van der Waals surface area (Å²) in [5.41, 5.74) is 0. The highest BCUT2D eigenvalue weighted by Crippen LogP contribution is 2.26. The van der Waals surface area contributed by atoms with Crippen LogP contribution in [0.4, 0.5) is 0 Å². The maximum Gasteiger partial charge on any atom is 0.221 e. The number of nitrogens with one attached hydrogen (secondary N) is 2. The predicted octanol–water partition coefficient (Wildman–Crippen LogP) is 2.21. The van der Waals surface area contributed by atoms with E-state index in [0.29, 0.717) is 24.4 Å². The first-order valence-electron chi connectivity index (χ1n) is 7.28. The Morgan fingerprint density at radius 2 is 2.00 bits per heavy atom. The van der Waals surface area contributed by atoms with Gasteiger partial charge in [-0.2, -0.15) is 0 Å². The van der Waals surface area contributed by atoms with E-state index < -0.39 is 0 Å². The summed E-state index contributed by atoms with van der Waals surface area (Å²) in [6.07, 6.45) is 9.69. The van der Waals surface area contributed by atoms with Crippen molar-refractivity contribution in [2.45, 2.75) is 70.4 Å². The van der Waals surface area contributed by atoms with Gasteiger partial charge in [0.25, 0.3) is 0 Å². The van der Waals surface area contributed by atoms with E-state index in [1.807, 2.05) is 0 Å². The van der Waals surface area contributed by atoms with Gasteiger partial charge in [0.2, 0.25) is 5.91 Å². The summed E-state index contributed by atoms with van der Waals surface area (Å²) in [6.45, 7) is 3.26. The first-order valence-corrected chi connectivity index (χ1v) is 7.28. The van der Waals surface area contributed by atoms with Crippen LogP contribution in [0.5, 0.6) is 0 Å². The smallest absolute Gasteiger partial charge is 0.221 e. The average Bonchev–Trinajstić information content (AvgIpc) is 2.82. The molecule has 0 aromatic heterocycles. The van der Waals surface area contributed by atoms with Gasteiger partial charge in [0.1, 0.15) is 0 Å². The SMILES string of the molecule is C[C@@H](NC(=O)CC1CCCN1)C1CCCCC1. The largest absolute Gasteiger partial charge is 0.353 e. The summed E-state index contributed by atoms with van der Waals surface area (Å²) >= 11 is 0. The first-order chi connectivity index (χ1) is 8.25. The molecule has 1 unspecified atom stereocenters. The van der Waals surface area contributed by atoms with Crippen LogP contribution in [-0.4, -0.2) is 24.5 Å². The van der Waals surface area contributed by atoms with Crippen molar-refractivity contribution in [1.82, 2.24) is 10.6 Å². The van der Waals surface area contributed by atoms with Crippen LogP contribution in [0.1, 0.15) is 58.3 Å². The summed E-state index contributed by atoms with van der Waals surface area (Å²) in [7, 11) is 0. The Morgan fingerprint density at radius 1 is 1.24 bits per heavy atom. The quantitative estimate of drug-likeness (QED) is 0.788. The molecule has 3 heteroatoms. The number of rotatable bonds is 4. The number of hydrogen-bond acceptors (Lipinski definition) is 2. The zero-order valence-electron chi connectivity index (χ0n) is 11.0. The van der Waals surface area contributed by atoms with Crippen molar-refractivity contribution in [3.8, 4) is 0 Å². The molecular weight excluding hydrogens is 212 g/mol. The second kappa shape index (κ2) is 6.39. The molecule has 1 aliphatic carbocycles. The molecule has 1 aliphatic heterocycles. The highest BCUT2D eigenvalue weighted by Gasteiger charge is 2.23. The molecule has 98 valence electrons. The van der Waals surface area contributed by atoms with Gasteiger partial charge in [-0.25, -0.2) is 0 Å². The molecule has 2 rings (SSSR count). The zero-order valence-corrected chi connectivity index (χ0v) is 11.0. The number of hydrogen-bond donors (Lipinski definition) is 2. The van der Waals surface area contributed by atoms with Crippen LogP contribution in [0.3, 0.4) is 0 Å². The van der Waals surface area contributed by atoms with Crippen molar-refractivity contribution >= 4 is 5.91 Å². The van der Waals surface area contributed by atoms with Crippen molar-refractivity contribution < 1.29 is 4.79 Å². The van der Waals surface area contributed by atoms with Gasteiger partial charge in [0.05, 0.1) is 0 Å².